The highest BCUT2D eigenvalue weighted by Crippen LogP contribution is 2.35. The molecule has 7 nitrogen and oxygen atoms in total. The summed E-state index contributed by atoms with van der Waals surface area (Å²) in [6.07, 6.45) is 3.20. The van der Waals surface area contributed by atoms with Gasteiger partial charge in [-0.3, -0.25) is 0 Å². The Morgan fingerprint density at radius 3 is 2.65 bits per heavy atom. The molecule has 3 heterocycles. The van der Waals surface area contributed by atoms with Gasteiger partial charge in [-0.2, -0.15) is 18.2 Å². The Kier molecular flexibility index (Phi) is 8.12. The Balaban J connectivity index is 1.40. The summed E-state index contributed by atoms with van der Waals surface area (Å²) in [6.45, 7) is 6.63. The minimum absolute atomic E-state index is 0.219. The number of thiazole rings is 1. The number of anilines is 1. The predicted molar refractivity (Wildman–Crippen MR) is 141 cm³/mol. The number of nitrogens with zero attached hydrogens (tertiary/aromatic N) is 5. The van der Waals surface area contributed by atoms with E-state index in [4.69, 9.17) is 4.74 Å². The molecule has 0 unspecified atom stereocenters. The van der Waals surface area contributed by atoms with Crippen molar-refractivity contribution < 1.29 is 17.9 Å². The molecule has 37 heavy (non-hydrogen) atoms. The van der Waals surface area contributed by atoms with Crippen LogP contribution in [0.25, 0.3) is 15.9 Å². The lowest BCUT2D eigenvalue weighted by Crippen LogP contribution is -2.09. The molecule has 4 rings (SSSR count). The van der Waals surface area contributed by atoms with Gasteiger partial charge < -0.3 is 10.1 Å². The Morgan fingerprint density at radius 2 is 1.95 bits per heavy atom. The summed E-state index contributed by atoms with van der Waals surface area (Å²) in [4.78, 5) is 21.2. The third kappa shape index (κ3) is 6.48. The molecule has 4 aromatic rings. The molecule has 3 aromatic heterocycles. The second-order valence-corrected chi connectivity index (χ2v) is 9.05. The van der Waals surface area contributed by atoms with E-state index in [9.17, 15) is 13.2 Å². The second kappa shape index (κ2) is 11.5. The van der Waals surface area contributed by atoms with Crippen molar-refractivity contribution >= 4 is 45.1 Å². The van der Waals surface area contributed by atoms with E-state index in [2.05, 4.69) is 30.2 Å². The van der Waals surface area contributed by atoms with Crippen molar-refractivity contribution in [3.8, 4) is 10.9 Å². The van der Waals surface area contributed by atoms with E-state index in [-0.39, 0.29) is 10.8 Å². The van der Waals surface area contributed by atoms with Crippen LogP contribution < -0.4 is 10.1 Å². The predicted octanol–water partition coefficient (Wildman–Crippen LogP) is 7.48. The standard InChI is InChI=1S/C26H25F3N6OS/c1-4-11-30-23-21(16(3)5-2)24(34-15-33-23)31-12-10-17-6-8-19(9-7-17)36-25-35-22-20(37-25)13-18(14-32-22)26(27,28)29/h5-9,11,13-15H,4,10,12H2,1-3H3,(H,31,33,34). The van der Waals surface area contributed by atoms with Gasteiger partial charge in [0.2, 0.25) is 0 Å². The summed E-state index contributed by atoms with van der Waals surface area (Å²) in [5.74, 6) is 1.90. The van der Waals surface area contributed by atoms with E-state index in [1.54, 1.807) is 12.1 Å². The van der Waals surface area contributed by atoms with E-state index in [0.29, 0.717) is 22.8 Å². The third-order valence-electron chi connectivity index (χ3n) is 5.44. The summed E-state index contributed by atoms with van der Waals surface area (Å²) in [5, 5.41) is 3.62. The maximum absolute atomic E-state index is 12.9. The lowest BCUT2D eigenvalue weighted by atomic mass is 10.1. The monoisotopic (exact) mass is 526 g/mol. The van der Waals surface area contributed by atoms with Crippen LogP contribution in [0.1, 0.15) is 43.9 Å². The highest BCUT2D eigenvalue weighted by molar-refractivity contribution is 7.20. The lowest BCUT2D eigenvalue weighted by molar-refractivity contribution is -0.137. The second-order valence-electron chi connectivity index (χ2n) is 8.06. The molecular weight excluding hydrogens is 501 g/mol. The number of aliphatic imine (C=N–C) groups is 1. The van der Waals surface area contributed by atoms with E-state index >= 15 is 0 Å². The van der Waals surface area contributed by atoms with E-state index in [1.165, 1.54) is 6.33 Å². The summed E-state index contributed by atoms with van der Waals surface area (Å²) in [5.41, 5.74) is 2.39. The van der Waals surface area contributed by atoms with Crippen LogP contribution in [0.4, 0.5) is 24.8 Å². The first-order valence-corrected chi connectivity index (χ1v) is 12.5. The third-order valence-corrected chi connectivity index (χ3v) is 6.31. The van der Waals surface area contributed by atoms with Gasteiger partial charge in [-0.25, -0.2) is 19.9 Å². The zero-order valence-corrected chi connectivity index (χ0v) is 21.3. The summed E-state index contributed by atoms with van der Waals surface area (Å²) in [6, 6.07) is 8.49. The van der Waals surface area contributed by atoms with Crippen molar-refractivity contribution in [2.24, 2.45) is 4.99 Å². The Bertz CT molecular complexity index is 1430. The number of allylic oxidation sites excluding steroid dienone is 2. The number of hydrogen-bond donors (Lipinski definition) is 1. The minimum Gasteiger partial charge on any atom is -0.431 e. The fraction of sp³-hybridized carbons (Fsp3) is 0.269. The van der Waals surface area contributed by atoms with Crippen LogP contribution in [0, 0.1) is 0 Å². The van der Waals surface area contributed by atoms with Gasteiger partial charge in [0.25, 0.3) is 5.19 Å². The quantitative estimate of drug-likeness (QED) is 0.228. The summed E-state index contributed by atoms with van der Waals surface area (Å²) in [7, 11) is 0. The van der Waals surface area contributed by atoms with Crippen LogP contribution >= 0.6 is 11.3 Å². The molecule has 192 valence electrons. The number of fused-ring (bicyclic) bond motifs is 1. The van der Waals surface area contributed by atoms with Gasteiger partial charge in [0.15, 0.2) is 11.5 Å². The van der Waals surface area contributed by atoms with Gasteiger partial charge in [-0.15, -0.1) is 0 Å². The first-order valence-electron chi connectivity index (χ1n) is 11.6. The van der Waals surface area contributed by atoms with E-state index in [0.717, 1.165) is 59.0 Å². The van der Waals surface area contributed by atoms with Crippen molar-refractivity contribution in [1.29, 1.82) is 0 Å². The fourth-order valence-electron chi connectivity index (χ4n) is 3.44. The van der Waals surface area contributed by atoms with Gasteiger partial charge in [-0.1, -0.05) is 36.5 Å². The highest BCUT2D eigenvalue weighted by atomic mass is 32.1. The van der Waals surface area contributed by atoms with Crippen molar-refractivity contribution in [2.45, 2.75) is 39.8 Å². The molecular formula is C26H25F3N6OS. The molecule has 0 radical (unpaired) electrons. The lowest BCUT2D eigenvalue weighted by Gasteiger charge is -2.13. The molecule has 11 heteroatoms. The average Bonchev–Trinajstić information content (AvgIpc) is 3.29. The van der Waals surface area contributed by atoms with Gasteiger partial charge in [0.05, 0.1) is 15.8 Å². The minimum atomic E-state index is -4.46. The number of benzene rings is 1. The summed E-state index contributed by atoms with van der Waals surface area (Å²) < 4.78 is 44.8. The normalized spacial score (nSPS) is 12.4. The molecule has 0 saturated carbocycles. The number of alkyl halides is 3. The number of pyridine rings is 1. The summed E-state index contributed by atoms with van der Waals surface area (Å²) >= 11 is 1.02. The molecule has 0 saturated heterocycles. The van der Waals surface area contributed by atoms with E-state index in [1.807, 2.05) is 45.2 Å². The molecule has 0 bridgehead atoms. The molecule has 0 aliphatic rings. The zero-order valence-electron chi connectivity index (χ0n) is 20.5. The van der Waals surface area contributed by atoms with Crippen molar-refractivity contribution in [2.75, 3.05) is 11.9 Å². The smallest absolute Gasteiger partial charge is 0.417 e. The van der Waals surface area contributed by atoms with Crippen molar-refractivity contribution in [3.05, 3.63) is 65.6 Å². The topological polar surface area (TPSA) is 85.2 Å². The SMILES string of the molecule is CC=C(C)c1c(N=CCC)ncnc1NCCc1ccc(Oc2nc3ncc(C(F)(F)F)cc3s2)cc1. The first kappa shape index (κ1) is 26.2. The van der Waals surface area contributed by atoms with Crippen LogP contribution in [0.3, 0.4) is 0 Å². The van der Waals surface area contributed by atoms with Crippen LogP contribution in [-0.2, 0) is 12.6 Å². The first-order chi connectivity index (χ1) is 17.8. The number of aromatic nitrogens is 4. The van der Waals surface area contributed by atoms with Crippen molar-refractivity contribution in [3.63, 3.8) is 0 Å². The Hall–Kier alpha value is -3.86. The Labute approximate surface area is 216 Å². The molecule has 1 aromatic carbocycles. The van der Waals surface area contributed by atoms with Gasteiger partial charge in [0, 0.05) is 19.0 Å². The van der Waals surface area contributed by atoms with Gasteiger partial charge >= 0.3 is 6.18 Å². The molecule has 0 aliphatic carbocycles. The van der Waals surface area contributed by atoms with Gasteiger partial charge in [-0.05, 0) is 56.0 Å². The maximum Gasteiger partial charge on any atom is 0.417 e. The Morgan fingerprint density at radius 1 is 1.16 bits per heavy atom. The molecule has 1 N–H and O–H groups in total. The zero-order chi connectivity index (χ0) is 26.4. The molecule has 0 spiro atoms. The van der Waals surface area contributed by atoms with Gasteiger partial charge in [0.1, 0.15) is 17.9 Å². The van der Waals surface area contributed by atoms with Crippen LogP contribution in [0.2, 0.25) is 0 Å². The number of nitrogens with one attached hydrogen (secondary N) is 1. The van der Waals surface area contributed by atoms with E-state index < -0.39 is 11.7 Å². The number of halogens is 3. The number of ether oxygens (including phenoxy) is 1. The fourth-order valence-corrected chi connectivity index (χ4v) is 4.28. The largest absolute Gasteiger partial charge is 0.431 e. The van der Waals surface area contributed by atoms with Crippen LogP contribution in [0.5, 0.6) is 10.9 Å². The molecule has 0 atom stereocenters. The molecule has 0 amide bonds. The highest BCUT2D eigenvalue weighted by Gasteiger charge is 2.31. The number of rotatable bonds is 9. The maximum atomic E-state index is 12.9. The van der Waals surface area contributed by atoms with Crippen LogP contribution in [-0.4, -0.2) is 32.7 Å². The molecule has 0 aliphatic heterocycles. The van der Waals surface area contributed by atoms with Crippen LogP contribution in [0.15, 0.2) is 53.9 Å². The van der Waals surface area contributed by atoms with Crippen molar-refractivity contribution in [1.82, 2.24) is 19.9 Å². The average molecular weight is 527 g/mol. The molecule has 0 fully saturated rings. The number of hydrogen-bond acceptors (Lipinski definition) is 8.